The number of anilines is 1. The van der Waals surface area contributed by atoms with Gasteiger partial charge in [0.15, 0.2) is 0 Å². The van der Waals surface area contributed by atoms with Crippen molar-refractivity contribution in [1.82, 2.24) is 0 Å². The molecule has 27 heavy (non-hydrogen) atoms. The van der Waals surface area contributed by atoms with Crippen LogP contribution in [0.4, 0.5) is 10.1 Å². The van der Waals surface area contributed by atoms with Crippen LogP contribution >= 0.6 is 0 Å². The monoisotopic (exact) mass is 373 g/mol. The number of aliphatic carboxylic acids is 1. The van der Waals surface area contributed by atoms with Gasteiger partial charge in [0, 0.05) is 0 Å². The van der Waals surface area contributed by atoms with Gasteiger partial charge in [0.05, 0.1) is 30.7 Å². The van der Waals surface area contributed by atoms with E-state index in [1.54, 1.807) is 31.4 Å². The topological polar surface area (TPSA) is 95.9 Å². The van der Waals surface area contributed by atoms with Gasteiger partial charge < -0.3 is 20.3 Å². The molecule has 0 heterocycles. The minimum absolute atomic E-state index is 0.0603. The van der Waals surface area contributed by atoms with Crippen LogP contribution in [0.25, 0.3) is 11.1 Å². The van der Waals surface area contributed by atoms with Crippen molar-refractivity contribution in [2.24, 2.45) is 11.8 Å². The van der Waals surface area contributed by atoms with Crippen LogP contribution in [0.2, 0.25) is 0 Å². The Balaban J connectivity index is 1.80. The molecule has 0 bridgehead atoms. The lowest BCUT2D eigenvalue weighted by Gasteiger charge is -2.19. The van der Waals surface area contributed by atoms with E-state index in [9.17, 15) is 24.2 Å². The first kappa shape index (κ1) is 18.8. The van der Waals surface area contributed by atoms with E-state index in [1.807, 2.05) is 6.07 Å². The standard InChI is InChI=1S/C20H20FNO5/c1-27-13-4-2-3-11(9-13)12-5-7-16(15(21)10-12)22-19(24)18-14(20(25)26)6-8-17(18)23/h2-5,7,9-10,14,17-18,23H,6,8H2,1H3,(H,22,24)(H,25,26). The molecule has 6 nitrogen and oxygen atoms in total. The molecule has 142 valence electrons. The first-order valence-electron chi connectivity index (χ1n) is 8.56. The number of aliphatic hydroxyl groups is 1. The molecule has 2 aromatic carbocycles. The van der Waals surface area contributed by atoms with E-state index in [-0.39, 0.29) is 18.5 Å². The van der Waals surface area contributed by atoms with Gasteiger partial charge >= 0.3 is 5.97 Å². The number of aliphatic hydroxyl groups excluding tert-OH is 1. The summed E-state index contributed by atoms with van der Waals surface area (Å²) in [7, 11) is 1.54. The third kappa shape index (κ3) is 3.93. The van der Waals surface area contributed by atoms with Crippen molar-refractivity contribution >= 4 is 17.6 Å². The average Bonchev–Trinajstić information content (AvgIpc) is 3.05. The van der Waals surface area contributed by atoms with E-state index in [2.05, 4.69) is 5.32 Å². The average molecular weight is 373 g/mol. The van der Waals surface area contributed by atoms with E-state index in [0.29, 0.717) is 11.3 Å². The van der Waals surface area contributed by atoms with Gasteiger partial charge in [-0.1, -0.05) is 18.2 Å². The molecule has 1 amide bonds. The summed E-state index contributed by atoms with van der Waals surface area (Å²) >= 11 is 0. The maximum atomic E-state index is 14.5. The fraction of sp³-hybridized carbons (Fsp3) is 0.300. The number of amides is 1. The summed E-state index contributed by atoms with van der Waals surface area (Å²) in [4.78, 5) is 23.7. The lowest BCUT2D eigenvalue weighted by atomic mass is 9.94. The summed E-state index contributed by atoms with van der Waals surface area (Å²) in [5.41, 5.74) is 1.30. The molecule has 7 heteroatoms. The Morgan fingerprint density at radius 2 is 1.89 bits per heavy atom. The number of ether oxygens (including phenoxy) is 1. The van der Waals surface area contributed by atoms with Crippen LogP contribution in [-0.2, 0) is 9.59 Å². The van der Waals surface area contributed by atoms with Gasteiger partial charge in [-0.15, -0.1) is 0 Å². The van der Waals surface area contributed by atoms with E-state index >= 15 is 0 Å². The summed E-state index contributed by atoms with van der Waals surface area (Å²) in [6.45, 7) is 0. The van der Waals surface area contributed by atoms with Crippen LogP contribution in [0.15, 0.2) is 42.5 Å². The van der Waals surface area contributed by atoms with Gasteiger partial charge in [0.1, 0.15) is 11.6 Å². The van der Waals surface area contributed by atoms with Gasteiger partial charge in [-0.25, -0.2) is 4.39 Å². The number of nitrogens with one attached hydrogen (secondary N) is 1. The largest absolute Gasteiger partial charge is 0.497 e. The number of methoxy groups -OCH3 is 1. The van der Waals surface area contributed by atoms with Crippen LogP contribution in [0.1, 0.15) is 12.8 Å². The SMILES string of the molecule is COc1cccc(-c2ccc(NC(=O)C3C(O)CCC3C(=O)O)c(F)c2)c1. The van der Waals surface area contributed by atoms with Gasteiger partial charge in [-0.3, -0.25) is 9.59 Å². The fourth-order valence-electron chi connectivity index (χ4n) is 3.43. The van der Waals surface area contributed by atoms with Crippen molar-refractivity contribution in [3.05, 3.63) is 48.3 Å². The number of hydrogen-bond acceptors (Lipinski definition) is 4. The van der Waals surface area contributed by atoms with Crippen molar-refractivity contribution in [3.8, 4) is 16.9 Å². The highest BCUT2D eigenvalue weighted by atomic mass is 19.1. The number of benzene rings is 2. The predicted octanol–water partition coefficient (Wildman–Crippen LogP) is 2.91. The molecule has 3 atom stereocenters. The summed E-state index contributed by atoms with van der Waals surface area (Å²) in [6.07, 6.45) is -0.608. The van der Waals surface area contributed by atoms with Crippen LogP contribution in [0.3, 0.4) is 0 Å². The van der Waals surface area contributed by atoms with Crippen LogP contribution in [0.5, 0.6) is 5.75 Å². The molecule has 1 aliphatic rings. The Kier molecular flexibility index (Phi) is 5.41. The Bertz CT molecular complexity index is 869. The highest BCUT2D eigenvalue weighted by Crippen LogP contribution is 2.34. The van der Waals surface area contributed by atoms with Crippen molar-refractivity contribution in [2.75, 3.05) is 12.4 Å². The molecule has 0 saturated heterocycles. The third-order valence-electron chi connectivity index (χ3n) is 4.87. The highest BCUT2D eigenvalue weighted by Gasteiger charge is 2.44. The second kappa shape index (κ2) is 7.75. The second-order valence-electron chi connectivity index (χ2n) is 6.53. The number of halogens is 1. The van der Waals surface area contributed by atoms with Crippen molar-refractivity contribution in [3.63, 3.8) is 0 Å². The van der Waals surface area contributed by atoms with Crippen molar-refractivity contribution in [2.45, 2.75) is 18.9 Å². The molecular weight excluding hydrogens is 353 g/mol. The zero-order valence-electron chi connectivity index (χ0n) is 14.7. The zero-order chi connectivity index (χ0) is 19.6. The van der Waals surface area contributed by atoms with Crippen LogP contribution < -0.4 is 10.1 Å². The smallest absolute Gasteiger partial charge is 0.307 e. The first-order valence-corrected chi connectivity index (χ1v) is 8.56. The normalized spacial score (nSPS) is 21.7. The summed E-state index contributed by atoms with van der Waals surface area (Å²) in [6, 6.07) is 11.5. The summed E-state index contributed by atoms with van der Waals surface area (Å²) < 4.78 is 19.7. The van der Waals surface area contributed by atoms with E-state index in [4.69, 9.17) is 4.74 Å². The highest BCUT2D eigenvalue weighted by molar-refractivity contribution is 5.96. The van der Waals surface area contributed by atoms with E-state index < -0.39 is 35.6 Å². The predicted molar refractivity (Wildman–Crippen MR) is 96.9 cm³/mol. The molecular formula is C20H20FNO5. The van der Waals surface area contributed by atoms with Gasteiger partial charge in [-0.2, -0.15) is 0 Å². The molecule has 1 aliphatic carbocycles. The summed E-state index contributed by atoms with van der Waals surface area (Å²) in [5, 5.41) is 21.5. The maximum Gasteiger partial charge on any atom is 0.307 e. The first-order chi connectivity index (χ1) is 12.9. The Hall–Kier alpha value is -2.93. The number of carboxylic acids is 1. The lowest BCUT2D eigenvalue weighted by molar-refractivity contribution is -0.146. The number of hydrogen-bond donors (Lipinski definition) is 3. The molecule has 3 unspecified atom stereocenters. The van der Waals surface area contributed by atoms with Gasteiger partial charge in [0.25, 0.3) is 0 Å². The molecule has 3 N–H and O–H groups in total. The minimum Gasteiger partial charge on any atom is -0.497 e. The quantitative estimate of drug-likeness (QED) is 0.749. The fourth-order valence-corrected chi connectivity index (χ4v) is 3.43. The number of carboxylic acid groups (broad SMARTS) is 1. The van der Waals surface area contributed by atoms with Crippen molar-refractivity contribution in [1.29, 1.82) is 0 Å². The number of carbonyl (C=O) groups is 2. The van der Waals surface area contributed by atoms with Crippen molar-refractivity contribution < 1.29 is 28.9 Å². The minimum atomic E-state index is -1.14. The molecule has 0 aromatic heterocycles. The maximum absolute atomic E-state index is 14.5. The molecule has 1 saturated carbocycles. The molecule has 1 fully saturated rings. The zero-order valence-corrected chi connectivity index (χ0v) is 14.7. The molecule has 0 radical (unpaired) electrons. The molecule has 0 aliphatic heterocycles. The lowest BCUT2D eigenvalue weighted by Crippen LogP contribution is -2.36. The second-order valence-corrected chi connectivity index (χ2v) is 6.53. The van der Waals surface area contributed by atoms with Crippen LogP contribution in [0, 0.1) is 17.7 Å². The van der Waals surface area contributed by atoms with Gasteiger partial charge in [-0.05, 0) is 48.2 Å². The molecule has 3 rings (SSSR count). The Morgan fingerprint density at radius 1 is 1.15 bits per heavy atom. The number of carbonyl (C=O) groups excluding carboxylic acids is 1. The Labute approximate surface area is 155 Å². The van der Waals surface area contributed by atoms with Gasteiger partial charge in [0.2, 0.25) is 5.91 Å². The summed E-state index contributed by atoms with van der Waals surface area (Å²) in [5.74, 6) is -3.91. The third-order valence-corrected chi connectivity index (χ3v) is 4.87. The number of rotatable bonds is 5. The molecule has 2 aromatic rings. The van der Waals surface area contributed by atoms with E-state index in [1.165, 1.54) is 12.1 Å². The Morgan fingerprint density at radius 3 is 2.56 bits per heavy atom. The van der Waals surface area contributed by atoms with E-state index in [0.717, 1.165) is 5.56 Å². The van der Waals surface area contributed by atoms with Crippen LogP contribution in [-0.4, -0.2) is 35.3 Å². The molecule has 0 spiro atoms.